The van der Waals surface area contributed by atoms with Crippen molar-refractivity contribution in [1.29, 1.82) is 0 Å². The van der Waals surface area contributed by atoms with Crippen molar-refractivity contribution in [3.8, 4) is 22.3 Å². The molecule has 0 saturated carbocycles. The molecule has 10 aromatic rings. The van der Waals surface area contributed by atoms with Gasteiger partial charge in [0.05, 0.1) is 16.8 Å². The first-order chi connectivity index (χ1) is 24.3. The zero-order chi connectivity index (χ0) is 32.3. The Hall–Kier alpha value is -6.16. The van der Waals surface area contributed by atoms with Crippen LogP contribution in [0.4, 0.5) is 17.1 Å². The number of nitrogens with zero attached hydrogens (tertiary/aromatic N) is 1. The number of rotatable bonds is 5. The molecule has 10 rings (SSSR count). The molecule has 0 atom stereocenters. The number of fused-ring (bicyclic) bond motifs is 8. The molecule has 2 aromatic heterocycles. The highest BCUT2D eigenvalue weighted by Gasteiger charge is 2.22. The highest BCUT2D eigenvalue weighted by Crippen LogP contribution is 2.47. The highest BCUT2D eigenvalue weighted by molar-refractivity contribution is 7.25. The SMILES string of the molecule is c1ccc(-c2ccccc2N(c2ccc(-c3ccc4c(c3)sc3ccccc34)cc2)c2cccc3oc4c5ccccc5ccc4c23)cc1. The van der Waals surface area contributed by atoms with Crippen LogP contribution in [-0.2, 0) is 0 Å². The molecule has 2 heterocycles. The highest BCUT2D eigenvalue weighted by atomic mass is 32.1. The van der Waals surface area contributed by atoms with E-state index in [1.54, 1.807) is 0 Å². The largest absolute Gasteiger partial charge is 0.455 e. The third-order valence-corrected chi connectivity index (χ3v) is 10.8. The molecule has 0 fully saturated rings. The van der Waals surface area contributed by atoms with Crippen molar-refractivity contribution in [2.24, 2.45) is 0 Å². The van der Waals surface area contributed by atoms with Crippen molar-refractivity contribution in [3.63, 3.8) is 0 Å². The fourth-order valence-electron chi connectivity index (χ4n) is 7.37. The minimum Gasteiger partial charge on any atom is -0.455 e. The predicted molar refractivity (Wildman–Crippen MR) is 210 cm³/mol. The van der Waals surface area contributed by atoms with Crippen molar-refractivity contribution >= 4 is 81.3 Å². The average Bonchev–Trinajstić information content (AvgIpc) is 3.75. The normalized spacial score (nSPS) is 11.7. The molecule has 49 heavy (non-hydrogen) atoms. The first-order valence-corrected chi connectivity index (χ1v) is 17.4. The minimum absolute atomic E-state index is 0.874. The van der Waals surface area contributed by atoms with Gasteiger partial charge in [0.15, 0.2) is 0 Å². The average molecular weight is 644 g/mol. The number of anilines is 3. The Morgan fingerprint density at radius 2 is 1.12 bits per heavy atom. The molecular weight excluding hydrogens is 615 g/mol. The van der Waals surface area contributed by atoms with Crippen LogP contribution < -0.4 is 4.90 Å². The summed E-state index contributed by atoms with van der Waals surface area (Å²) in [4.78, 5) is 2.40. The van der Waals surface area contributed by atoms with Crippen molar-refractivity contribution in [3.05, 3.63) is 176 Å². The molecule has 0 saturated heterocycles. The van der Waals surface area contributed by atoms with Crippen LogP contribution in [0.3, 0.4) is 0 Å². The Morgan fingerprint density at radius 1 is 0.429 bits per heavy atom. The van der Waals surface area contributed by atoms with Crippen molar-refractivity contribution < 1.29 is 4.42 Å². The molecule has 2 nitrogen and oxygen atoms in total. The molecule has 3 heteroatoms. The molecule has 0 amide bonds. The van der Waals surface area contributed by atoms with Gasteiger partial charge in [-0.15, -0.1) is 11.3 Å². The lowest BCUT2D eigenvalue weighted by Gasteiger charge is -2.28. The van der Waals surface area contributed by atoms with E-state index in [1.807, 2.05) is 11.3 Å². The fraction of sp³-hybridized carbons (Fsp3) is 0. The van der Waals surface area contributed by atoms with E-state index in [1.165, 1.54) is 42.2 Å². The van der Waals surface area contributed by atoms with E-state index in [0.29, 0.717) is 0 Å². The third kappa shape index (κ3) is 4.55. The van der Waals surface area contributed by atoms with Gasteiger partial charge in [0, 0.05) is 42.2 Å². The second kappa shape index (κ2) is 11.2. The van der Waals surface area contributed by atoms with Gasteiger partial charge in [0.25, 0.3) is 0 Å². The molecule has 0 radical (unpaired) electrons. The van der Waals surface area contributed by atoms with Gasteiger partial charge in [0.2, 0.25) is 0 Å². The smallest absolute Gasteiger partial charge is 0.143 e. The lowest BCUT2D eigenvalue weighted by molar-refractivity contribution is 0.672. The molecule has 0 unspecified atom stereocenters. The molecule has 0 aliphatic carbocycles. The van der Waals surface area contributed by atoms with Gasteiger partial charge in [-0.2, -0.15) is 0 Å². The van der Waals surface area contributed by atoms with Crippen LogP contribution in [-0.4, -0.2) is 0 Å². The second-order valence-corrected chi connectivity index (χ2v) is 13.6. The van der Waals surface area contributed by atoms with Crippen molar-refractivity contribution in [2.45, 2.75) is 0 Å². The first kappa shape index (κ1) is 27.9. The van der Waals surface area contributed by atoms with E-state index in [9.17, 15) is 0 Å². The summed E-state index contributed by atoms with van der Waals surface area (Å²) in [6.45, 7) is 0. The molecule has 0 spiro atoms. The van der Waals surface area contributed by atoms with Crippen molar-refractivity contribution in [2.75, 3.05) is 4.90 Å². The van der Waals surface area contributed by atoms with E-state index in [4.69, 9.17) is 4.42 Å². The van der Waals surface area contributed by atoms with Crippen LogP contribution in [0.1, 0.15) is 0 Å². The monoisotopic (exact) mass is 643 g/mol. The van der Waals surface area contributed by atoms with Gasteiger partial charge in [-0.1, -0.05) is 127 Å². The Morgan fingerprint density at radius 3 is 2.02 bits per heavy atom. The van der Waals surface area contributed by atoms with Crippen LogP contribution in [0.5, 0.6) is 0 Å². The molecular formula is C46H29NOS. The van der Waals surface area contributed by atoms with Crippen LogP contribution in [0, 0.1) is 0 Å². The lowest BCUT2D eigenvalue weighted by Crippen LogP contribution is -2.11. The van der Waals surface area contributed by atoms with Crippen LogP contribution >= 0.6 is 11.3 Å². The summed E-state index contributed by atoms with van der Waals surface area (Å²) in [5.41, 5.74) is 9.81. The van der Waals surface area contributed by atoms with E-state index in [0.717, 1.165) is 50.0 Å². The maximum Gasteiger partial charge on any atom is 0.143 e. The molecule has 0 N–H and O–H groups in total. The summed E-state index contributed by atoms with van der Waals surface area (Å²) in [7, 11) is 0. The summed E-state index contributed by atoms with van der Waals surface area (Å²) in [5, 5.41) is 7.15. The van der Waals surface area contributed by atoms with Crippen LogP contribution in [0.2, 0.25) is 0 Å². The Kier molecular flexibility index (Phi) is 6.39. The summed E-state index contributed by atoms with van der Waals surface area (Å²) in [6, 6.07) is 63.2. The minimum atomic E-state index is 0.874. The van der Waals surface area contributed by atoms with Gasteiger partial charge in [0.1, 0.15) is 11.2 Å². The Bertz CT molecular complexity index is 2830. The maximum absolute atomic E-state index is 6.65. The van der Waals surface area contributed by atoms with Crippen LogP contribution in [0.15, 0.2) is 180 Å². The second-order valence-electron chi connectivity index (χ2n) is 12.5. The zero-order valence-corrected chi connectivity index (χ0v) is 27.3. The molecule has 0 aliphatic rings. The lowest BCUT2D eigenvalue weighted by atomic mass is 9.99. The summed E-state index contributed by atoms with van der Waals surface area (Å²) >= 11 is 1.86. The predicted octanol–water partition coefficient (Wildman–Crippen LogP) is 13.9. The number of para-hydroxylation sites is 1. The summed E-state index contributed by atoms with van der Waals surface area (Å²) in [6.07, 6.45) is 0. The number of thiophene rings is 1. The van der Waals surface area contributed by atoms with Gasteiger partial charge in [-0.05, 0) is 70.6 Å². The van der Waals surface area contributed by atoms with E-state index < -0.39 is 0 Å². The van der Waals surface area contributed by atoms with Gasteiger partial charge < -0.3 is 9.32 Å². The molecule has 0 bridgehead atoms. The zero-order valence-electron chi connectivity index (χ0n) is 26.5. The van der Waals surface area contributed by atoms with E-state index in [2.05, 4.69) is 181 Å². The van der Waals surface area contributed by atoms with Crippen LogP contribution in [0.25, 0.3) is 75.1 Å². The third-order valence-electron chi connectivity index (χ3n) is 9.67. The first-order valence-electron chi connectivity index (χ1n) is 16.6. The molecule has 230 valence electrons. The fourth-order valence-corrected chi connectivity index (χ4v) is 8.51. The van der Waals surface area contributed by atoms with E-state index in [-0.39, 0.29) is 0 Å². The number of furan rings is 1. The quantitative estimate of drug-likeness (QED) is 0.186. The topological polar surface area (TPSA) is 16.4 Å². The number of hydrogen-bond acceptors (Lipinski definition) is 3. The Balaban J connectivity index is 1.17. The van der Waals surface area contributed by atoms with E-state index >= 15 is 0 Å². The van der Waals surface area contributed by atoms with Crippen molar-refractivity contribution in [1.82, 2.24) is 0 Å². The molecule has 0 aliphatic heterocycles. The number of hydrogen-bond donors (Lipinski definition) is 0. The summed E-state index contributed by atoms with van der Waals surface area (Å²) < 4.78 is 9.29. The maximum atomic E-state index is 6.65. The molecule has 8 aromatic carbocycles. The summed E-state index contributed by atoms with van der Waals surface area (Å²) in [5.74, 6) is 0. The van der Waals surface area contributed by atoms with Gasteiger partial charge >= 0.3 is 0 Å². The number of benzene rings is 8. The standard InChI is InChI=1S/C46H29NOS/c1-2-11-31(12-3-1)35-14-6-8-17-40(35)47(41-18-10-19-42-45(41)39-28-23-32-13-4-5-15-36(32)46(39)48-42)34-25-21-30(22-26-34)33-24-27-38-37-16-7-9-20-43(37)49-44(38)29-33/h1-29H. The van der Waals surface area contributed by atoms with Gasteiger partial charge in [-0.25, -0.2) is 0 Å². The van der Waals surface area contributed by atoms with Gasteiger partial charge in [-0.3, -0.25) is 0 Å². The Labute approximate surface area is 287 Å².